The van der Waals surface area contributed by atoms with Gasteiger partial charge in [0.05, 0.1) is 12.3 Å². The lowest BCUT2D eigenvalue weighted by Crippen LogP contribution is -2.28. The standard InChI is InChI=1S/C16H24FNO/c1-16(2,3)13-6-4-11(5-7-13)15(19)12-8-14(17)10-18-9-12/h8-11,13,15,19H,4-7H2,1-3H3. The van der Waals surface area contributed by atoms with Gasteiger partial charge in [0.15, 0.2) is 0 Å². The third kappa shape index (κ3) is 3.53. The zero-order chi connectivity index (χ0) is 14.0. The van der Waals surface area contributed by atoms with Crippen LogP contribution in [0.1, 0.15) is 58.1 Å². The largest absolute Gasteiger partial charge is 0.388 e. The van der Waals surface area contributed by atoms with Crippen LogP contribution in [0.5, 0.6) is 0 Å². The van der Waals surface area contributed by atoms with Gasteiger partial charge < -0.3 is 5.11 Å². The average Bonchev–Trinajstić information content (AvgIpc) is 2.37. The molecule has 0 aliphatic heterocycles. The smallest absolute Gasteiger partial charge is 0.141 e. The molecule has 2 nitrogen and oxygen atoms in total. The Morgan fingerprint density at radius 1 is 1.21 bits per heavy atom. The van der Waals surface area contributed by atoms with Crippen molar-refractivity contribution in [3.8, 4) is 0 Å². The minimum Gasteiger partial charge on any atom is -0.388 e. The van der Waals surface area contributed by atoms with E-state index in [0.29, 0.717) is 11.0 Å². The summed E-state index contributed by atoms with van der Waals surface area (Å²) in [5, 5.41) is 10.4. The first-order valence-corrected chi connectivity index (χ1v) is 7.16. The molecule has 0 radical (unpaired) electrons. The van der Waals surface area contributed by atoms with E-state index in [2.05, 4.69) is 25.8 Å². The van der Waals surface area contributed by atoms with Gasteiger partial charge in [-0.05, 0) is 49.0 Å². The molecule has 0 bridgehead atoms. The summed E-state index contributed by atoms with van der Waals surface area (Å²) in [4.78, 5) is 3.82. The molecule has 1 aromatic rings. The van der Waals surface area contributed by atoms with E-state index >= 15 is 0 Å². The first-order chi connectivity index (χ1) is 8.88. The van der Waals surface area contributed by atoms with Crippen LogP contribution >= 0.6 is 0 Å². The maximum Gasteiger partial charge on any atom is 0.141 e. The molecule has 1 N–H and O–H groups in total. The van der Waals surface area contributed by atoms with Crippen molar-refractivity contribution in [2.75, 3.05) is 0 Å². The molecule has 0 spiro atoms. The van der Waals surface area contributed by atoms with Crippen LogP contribution in [0.25, 0.3) is 0 Å². The van der Waals surface area contributed by atoms with E-state index in [9.17, 15) is 9.50 Å². The molecule has 2 rings (SSSR count). The second kappa shape index (κ2) is 5.58. The zero-order valence-corrected chi connectivity index (χ0v) is 12.1. The van der Waals surface area contributed by atoms with Gasteiger partial charge in [-0.15, -0.1) is 0 Å². The van der Waals surface area contributed by atoms with Crippen LogP contribution in [0.4, 0.5) is 4.39 Å². The average molecular weight is 265 g/mol. The minimum atomic E-state index is -0.580. The first-order valence-electron chi connectivity index (χ1n) is 7.16. The van der Waals surface area contributed by atoms with Gasteiger partial charge in [-0.3, -0.25) is 4.98 Å². The highest BCUT2D eigenvalue weighted by Crippen LogP contribution is 2.43. The highest BCUT2D eigenvalue weighted by Gasteiger charge is 2.32. The van der Waals surface area contributed by atoms with Gasteiger partial charge in [-0.1, -0.05) is 20.8 Å². The number of hydrogen-bond donors (Lipinski definition) is 1. The van der Waals surface area contributed by atoms with E-state index in [0.717, 1.165) is 31.6 Å². The fourth-order valence-corrected chi connectivity index (χ4v) is 3.16. The maximum atomic E-state index is 13.1. The Hall–Kier alpha value is -0.960. The Morgan fingerprint density at radius 3 is 2.37 bits per heavy atom. The van der Waals surface area contributed by atoms with E-state index < -0.39 is 6.10 Å². The van der Waals surface area contributed by atoms with Crippen molar-refractivity contribution >= 4 is 0 Å². The van der Waals surface area contributed by atoms with Crippen LogP contribution in [-0.2, 0) is 0 Å². The van der Waals surface area contributed by atoms with Crippen LogP contribution in [0, 0.1) is 23.1 Å². The maximum absolute atomic E-state index is 13.1. The monoisotopic (exact) mass is 265 g/mol. The van der Waals surface area contributed by atoms with Crippen LogP contribution in [-0.4, -0.2) is 10.1 Å². The fourth-order valence-electron chi connectivity index (χ4n) is 3.16. The molecule has 1 fully saturated rings. The second-order valence-corrected chi connectivity index (χ2v) is 6.86. The molecular formula is C16H24FNO. The Bertz CT molecular complexity index is 419. The van der Waals surface area contributed by atoms with E-state index in [1.54, 1.807) is 6.20 Å². The summed E-state index contributed by atoms with van der Waals surface area (Å²) in [6, 6.07) is 1.40. The van der Waals surface area contributed by atoms with Crippen LogP contribution in [0.2, 0.25) is 0 Å². The van der Waals surface area contributed by atoms with E-state index in [1.807, 2.05) is 0 Å². The van der Waals surface area contributed by atoms with Crippen LogP contribution in [0.3, 0.4) is 0 Å². The van der Waals surface area contributed by atoms with Gasteiger partial charge in [0, 0.05) is 11.8 Å². The van der Waals surface area contributed by atoms with Crippen molar-refractivity contribution in [3.63, 3.8) is 0 Å². The third-order valence-electron chi connectivity index (χ3n) is 4.51. The SMILES string of the molecule is CC(C)(C)C1CCC(C(O)c2cncc(F)c2)CC1. The number of aromatic nitrogens is 1. The molecule has 1 aromatic heterocycles. The van der Waals surface area contributed by atoms with Crippen molar-refractivity contribution < 1.29 is 9.50 Å². The summed E-state index contributed by atoms with van der Waals surface area (Å²) in [6.07, 6.45) is 6.49. The number of hydrogen-bond acceptors (Lipinski definition) is 2. The molecule has 1 aliphatic rings. The molecule has 3 heteroatoms. The molecule has 0 amide bonds. The highest BCUT2D eigenvalue weighted by molar-refractivity contribution is 5.14. The van der Waals surface area contributed by atoms with Gasteiger partial charge in [0.25, 0.3) is 0 Å². The third-order valence-corrected chi connectivity index (χ3v) is 4.51. The number of halogens is 1. The minimum absolute atomic E-state index is 0.238. The molecule has 106 valence electrons. The normalized spacial score (nSPS) is 26.2. The van der Waals surface area contributed by atoms with Crippen molar-refractivity contribution in [2.24, 2.45) is 17.3 Å². The lowest BCUT2D eigenvalue weighted by atomic mass is 9.68. The topological polar surface area (TPSA) is 33.1 Å². The van der Waals surface area contributed by atoms with Crippen molar-refractivity contribution in [1.29, 1.82) is 0 Å². The molecule has 1 aliphatic carbocycles. The zero-order valence-electron chi connectivity index (χ0n) is 12.1. The van der Waals surface area contributed by atoms with Gasteiger partial charge in [-0.2, -0.15) is 0 Å². The number of rotatable bonds is 2. The molecular weight excluding hydrogens is 241 g/mol. The summed E-state index contributed by atoms with van der Waals surface area (Å²) >= 11 is 0. The molecule has 19 heavy (non-hydrogen) atoms. The lowest BCUT2D eigenvalue weighted by molar-refractivity contribution is 0.0524. The summed E-state index contributed by atoms with van der Waals surface area (Å²) in [6.45, 7) is 6.85. The van der Waals surface area contributed by atoms with Gasteiger partial charge in [-0.25, -0.2) is 4.39 Å². The molecule has 0 saturated heterocycles. The summed E-state index contributed by atoms with van der Waals surface area (Å²) < 4.78 is 13.1. The predicted octanol–water partition coefficient (Wildman–Crippen LogP) is 4.11. The Labute approximate surface area is 115 Å². The summed E-state index contributed by atoms with van der Waals surface area (Å²) in [5.41, 5.74) is 0.954. The molecule has 1 atom stereocenters. The van der Waals surface area contributed by atoms with Crippen LogP contribution < -0.4 is 0 Å². The fraction of sp³-hybridized carbons (Fsp3) is 0.688. The molecule has 1 heterocycles. The molecule has 1 saturated carbocycles. The summed E-state index contributed by atoms with van der Waals surface area (Å²) in [7, 11) is 0. The Morgan fingerprint density at radius 2 is 1.84 bits per heavy atom. The first kappa shape index (κ1) is 14.4. The van der Waals surface area contributed by atoms with Crippen molar-refractivity contribution in [2.45, 2.75) is 52.6 Å². The number of pyridine rings is 1. The summed E-state index contributed by atoms with van der Waals surface area (Å²) in [5.74, 6) is 0.587. The molecule has 1 unspecified atom stereocenters. The highest BCUT2D eigenvalue weighted by atomic mass is 19.1. The number of aliphatic hydroxyl groups is 1. The number of nitrogens with zero attached hydrogens (tertiary/aromatic N) is 1. The number of aliphatic hydroxyl groups excluding tert-OH is 1. The van der Waals surface area contributed by atoms with Crippen LogP contribution in [0.15, 0.2) is 18.5 Å². The van der Waals surface area contributed by atoms with Gasteiger partial charge in [0.2, 0.25) is 0 Å². The molecule has 0 aromatic carbocycles. The predicted molar refractivity (Wildman–Crippen MR) is 74.1 cm³/mol. The second-order valence-electron chi connectivity index (χ2n) is 6.86. The quantitative estimate of drug-likeness (QED) is 0.873. The van der Waals surface area contributed by atoms with Gasteiger partial charge in [0.1, 0.15) is 5.82 Å². The Balaban J connectivity index is 1.98. The Kier molecular flexibility index (Phi) is 4.24. The van der Waals surface area contributed by atoms with Crippen molar-refractivity contribution in [1.82, 2.24) is 4.98 Å². The van der Waals surface area contributed by atoms with E-state index in [4.69, 9.17) is 0 Å². The van der Waals surface area contributed by atoms with Gasteiger partial charge >= 0.3 is 0 Å². The van der Waals surface area contributed by atoms with E-state index in [-0.39, 0.29) is 11.7 Å². The van der Waals surface area contributed by atoms with E-state index in [1.165, 1.54) is 12.3 Å². The lowest BCUT2D eigenvalue weighted by Gasteiger charge is -2.38. The van der Waals surface area contributed by atoms with Crippen molar-refractivity contribution in [3.05, 3.63) is 29.8 Å².